The molecule has 1 unspecified atom stereocenters. The number of hydrogen-bond acceptors (Lipinski definition) is 3. The molecule has 1 atom stereocenters. The highest BCUT2D eigenvalue weighted by Gasteiger charge is 2.12. The Morgan fingerprint density at radius 1 is 1.21 bits per heavy atom. The third kappa shape index (κ3) is 4.94. The monoisotopic (exact) mass is 199 g/mol. The maximum Gasteiger partial charge on any atom is 0.0107 e. The molecule has 0 aromatic carbocycles. The highest BCUT2D eigenvalue weighted by molar-refractivity contribution is 4.71. The van der Waals surface area contributed by atoms with Crippen molar-refractivity contribution in [3.63, 3.8) is 0 Å². The van der Waals surface area contributed by atoms with Gasteiger partial charge in [0.2, 0.25) is 0 Å². The Labute approximate surface area is 88.2 Å². The lowest BCUT2D eigenvalue weighted by Gasteiger charge is -2.30. The molecular formula is C11H25N3. The molecule has 0 amide bonds. The third-order valence-corrected chi connectivity index (χ3v) is 2.65. The van der Waals surface area contributed by atoms with Crippen molar-refractivity contribution in [2.75, 3.05) is 39.3 Å². The van der Waals surface area contributed by atoms with Crippen molar-refractivity contribution >= 4 is 0 Å². The summed E-state index contributed by atoms with van der Waals surface area (Å²) in [7, 11) is 0. The molecule has 84 valence electrons. The van der Waals surface area contributed by atoms with E-state index in [2.05, 4.69) is 36.3 Å². The van der Waals surface area contributed by atoms with Crippen LogP contribution in [0.5, 0.6) is 0 Å². The van der Waals surface area contributed by atoms with Crippen LogP contribution >= 0.6 is 0 Å². The summed E-state index contributed by atoms with van der Waals surface area (Å²) < 4.78 is 0. The summed E-state index contributed by atoms with van der Waals surface area (Å²) in [6.45, 7) is 13.9. The average Bonchev–Trinajstić information content (AvgIpc) is 2.16. The van der Waals surface area contributed by atoms with Crippen molar-refractivity contribution in [2.24, 2.45) is 5.92 Å². The molecule has 1 rings (SSSR count). The highest BCUT2D eigenvalue weighted by atomic mass is 15.2. The van der Waals surface area contributed by atoms with E-state index in [9.17, 15) is 0 Å². The number of piperazine rings is 1. The summed E-state index contributed by atoms with van der Waals surface area (Å²) in [6.07, 6.45) is 0. The number of hydrogen-bond donors (Lipinski definition) is 2. The van der Waals surface area contributed by atoms with Gasteiger partial charge in [-0.15, -0.1) is 0 Å². The van der Waals surface area contributed by atoms with Crippen LogP contribution < -0.4 is 10.6 Å². The van der Waals surface area contributed by atoms with E-state index in [1.165, 1.54) is 19.6 Å². The quantitative estimate of drug-likeness (QED) is 0.676. The van der Waals surface area contributed by atoms with E-state index in [1.54, 1.807) is 0 Å². The maximum atomic E-state index is 3.49. The molecule has 1 fully saturated rings. The fraction of sp³-hybridized carbons (Fsp3) is 1.00. The predicted molar refractivity (Wildman–Crippen MR) is 61.6 cm³/mol. The molecule has 2 N–H and O–H groups in total. The fourth-order valence-corrected chi connectivity index (χ4v) is 1.84. The van der Waals surface area contributed by atoms with Crippen molar-refractivity contribution in [1.29, 1.82) is 0 Å². The van der Waals surface area contributed by atoms with Gasteiger partial charge < -0.3 is 15.5 Å². The maximum absolute atomic E-state index is 3.49. The van der Waals surface area contributed by atoms with Gasteiger partial charge in [0.25, 0.3) is 0 Å². The molecule has 0 radical (unpaired) electrons. The first-order chi connectivity index (χ1) is 6.68. The molecule has 0 bridgehead atoms. The summed E-state index contributed by atoms with van der Waals surface area (Å²) in [5, 5.41) is 6.87. The van der Waals surface area contributed by atoms with Crippen LogP contribution in [0.3, 0.4) is 0 Å². The Balaban J connectivity index is 2.09. The van der Waals surface area contributed by atoms with Gasteiger partial charge in [0.05, 0.1) is 0 Å². The molecule has 1 saturated heterocycles. The lowest BCUT2D eigenvalue weighted by Crippen LogP contribution is -2.46. The van der Waals surface area contributed by atoms with E-state index in [-0.39, 0.29) is 0 Å². The minimum absolute atomic E-state index is 0.612. The van der Waals surface area contributed by atoms with E-state index in [0.29, 0.717) is 6.04 Å². The van der Waals surface area contributed by atoms with Crippen LogP contribution in [-0.4, -0.2) is 50.2 Å². The Morgan fingerprint density at radius 2 is 1.86 bits per heavy atom. The zero-order valence-electron chi connectivity index (χ0n) is 9.84. The minimum Gasteiger partial charge on any atom is -0.314 e. The molecule has 0 aromatic rings. The first kappa shape index (κ1) is 12.0. The van der Waals surface area contributed by atoms with E-state index in [1.807, 2.05) is 0 Å². The van der Waals surface area contributed by atoms with Gasteiger partial charge in [0.15, 0.2) is 0 Å². The van der Waals surface area contributed by atoms with Crippen LogP contribution in [0.4, 0.5) is 0 Å². The molecule has 0 spiro atoms. The van der Waals surface area contributed by atoms with Crippen molar-refractivity contribution in [3.8, 4) is 0 Å². The largest absolute Gasteiger partial charge is 0.314 e. The van der Waals surface area contributed by atoms with Gasteiger partial charge in [-0.1, -0.05) is 20.8 Å². The third-order valence-electron chi connectivity index (χ3n) is 2.65. The van der Waals surface area contributed by atoms with E-state index in [4.69, 9.17) is 0 Å². The van der Waals surface area contributed by atoms with Crippen LogP contribution in [0.1, 0.15) is 20.8 Å². The SMILES string of the molecule is CC(CNC(C)C)CN1CCNCC1. The molecule has 0 saturated carbocycles. The number of nitrogens with zero attached hydrogens (tertiary/aromatic N) is 1. The second-order valence-corrected chi connectivity index (χ2v) is 4.72. The summed E-state index contributed by atoms with van der Waals surface area (Å²) >= 11 is 0. The standard InChI is InChI=1S/C11H25N3/c1-10(2)13-8-11(3)9-14-6-4-12-5-7-14/h10-13H,4-9H2,1-3H3. The van der Waals surface area contributed by atoms with Crippen LogP contribution in [0, 0.1) is 5.92 Å². The summed E-state index contributed by atoms with van der Waals surface area (Å²) in [5.74, 6) is 0.760. The van der Waals surface area contributed by atoms with E-state index < -0.39 is 0 Å². The Hall–Kier alpha value is -0.120. The van der Waals surface area contributed by atoms with Crippen molar-refractivity contribution in [3.05, 3.63) is 0 Å². The molecule has 0 aromatic heterocycles. The molecule has 3 heteroatoms. The van der Waals surface area contributed by atoms with Crippen LogP contribution in [0.2, 0.25) is 0 Å². The van der Waals surface area contributed by atoms with Gasteiger partial charge in [-0.25, -0.2) is 0 Å². The van der Waals surface area contributed by atoms with Gasteiger partial charge in [0, 0.05) is 38.8 Å². The van der Waals surface area contributed by atoms with Crippen LogP contribution in [0.25, 0.3) is 0 Å². The van der Waals surface area contributed by atoms with Gasteiger partial charge in [-0.2, -0.15) is 0 Å². The smallest absolute Gasteiger partial charge is 0.0107 e. The zero-order chi connectivity index (χ0) is 10.4. The lowest BCUT2D eigenvalue weighted by molar-refractivity contribution is 0.208. The Bertz CT molecular complexity index is 141. The zero-order valence-corrected chi connectivity index (χ0v) is 9.84. The van der Waals surface area contributed by atoms with Gasteiger partial charge in [-0.3, -0.25) is 0 Å². The van der Waals surface area contributed by atoms with Gasteiger partial charge in [-0.05, 0) is 12.5 Å². The van der Waals surface area contributed by atoms with Crippen LogP contribution in [-0.2, 0) is 0 Å². The Kier molecular flexibility index (Phi) is 5.45. The Morgan fingerprint density at radius 3 is 2.43 bits per heavy atom. The fourth-order valence-electron chi connectivity index (χ4n) is 1.84. The minimum atomic E-state index is 0.612. The number of nitrogens with one attached hydrogen (secondary N) is 2. The van der Waals surface area contributed by atoms with Crippen LogP contribution in [0.15, 0.2) is 0 Å². The first-order valence-corrected chi connectivity index (χ1v) is 5.85. The summed E-state index contributed by atoms with van der Waals surface area (Å²) in [4.78, 5) is 2.56. The average molecular weight is 199 g/mol. The molecule has 14 heavy (non-hydrogen) atoms. The second kappa shape index (κ2) is 6.38. The molecule has 1 heterocycles. The molecule has 1 aliphatic heterocycles. The van der Waals surface area contributed by atoms with E-state index in [0.717, 1.165) is 25.6 Å². The van der Waals surface area contributed by atoms with Crippen molar-refractivity contribution in [1.82, 2.24) is 15.5 Å². The van der Waals surface area contributed by atoms with Crippen molar-refractivity contribution in [2.45, 2.75) is 26.8 Å². The first-order valence-electron chi connectivity index (χ1n) is 5.85. The highest BCUT2D eigenvalue weighted by Crippen LogP contribution is 2.00. The molecular weight excluding hydrogens is 174 g/mol. The van der Waals surface area contributed by atoms with E-state index >= 15 is 0 Å². The van der Waals surface area contributed by atoms with Gasteiger partial charge >= 0.3 is 0 Å². The summed E-state index contributed by atoms with van der Waals surface area (Å²) in [6, 6.07) is 0.612. The van der Waals surface area contributed by atoms with Gasteiger partial charge in [0.1, 0.15) is 0 Å². The topological polar surface area (TPSA) is 27.3 Å². The summed E-state index contributed by atoms with van der Waals surface area (Å²) in [5.41, 5.74) is 0. The molecule has 1 aliphatic rings. The predicted octanol–water partition coefficient (Wildman–Crippen LogP) is 0.526. The normalized spacial score (nSPS) is 21.4. The molecule has 3 nitrogen and oxygen atoms in total. The lowest BCUT2D eigenvalue weighted by atomic mass is 10.1. The molecule has 0 aliphatic carbocycles. The number of rotatable bonds is 5. The van der Waals surface area contributed by atoms with Crippen molar-refractivity contribution < 1.29 is 0 Å². The second-order valence-electron chi connectivity index (χ2n) is 4.72.